The van der Waals surface area contributed by atoms with Gasteiger partial charge in [0.25, 0.3) is 0 Å². The van der Waals surface area contributed by atoms with E-state index in [2.05, 4.69) is 51.7 Å². The molecule has 2 aliphatic rings. The van der Waals surface area contributed by atoms with Gasteiger partial charge in [0, 0.05) is 36.8 Å². The van der Waals surface area contributed by atoms with Gasteiger partial charge in [-0.3, -0.25) is 4.79 Å². The highest BCUT2D eigenvalue weighted by atomic mass is 16.1. The van der Waals surface area contributed by atoms with Crippen LogP contribution in [-0.2, 0) is 11.2 Å². The molecule has 0 radical (unpaired) electrons. The Kier molecular flexibility index (Phi) is 9.56. The number of carbonyl (C=O) groups is 1. The molecule has 1 aliphatic carbocycles. The van der Waals surface area contributed by atoms with Crippen molar-refractivity contribution < 1.29 is 4.79 Å². The van der Waals surface area contributed by atoms with E-state index in [0.29, 0.717) is 6.04 Å². The van der Waals surface area contributed by atoms with Gasteiger partial charge < -0.3 is 21.3 Å². The maximum Gasteiger partial charge on any atom is 0.223 e. The van der Waals surface area contributed by atoms with Crippen molar-refractivity contribution in [3.05, 3.63) is 47.7 Å². The minimum Gasteiger partial charge on any atom is -0.366 e. The lowest BCUT2D eigenvalue weighted by Crippen LogP contribution is -2.37. The third kappa shape index (κ3) is 7.78. The minimum atomic E-state index is 0.172. The number of carbonyl (C=O) groups excluding carboxylic acids is 1. The molecule has 0 spiro atoms. The summed E-state index contributed by atoms with van der Waals surface area (Å²) < 4.78 is 0. The fraction of sp³-hybridized carbons (Fsp3) is 0.600. The number of benzene rings is 1. The molecule has 170 valence electrons. The molecule has 0 aromatic heterocycles. The third-order valence-corrected chi connectivity index (χ3v) is 6.40. The van der Waals surface area contributed by atoms with Crippen molar-refractivity contribution in [1.82, 2.24) is 15.5 Å². The van der Waals surface area contributed by atoms with Crippen LogP contribution >= 0.6 is 0 Å². The van der Waals surface area contributed by atoms with Crippen LogP contribution in [0.4, 0.5) is 0 Å². The number of hydrogen-bond donors (Lipinski definition) is 3. The summed E-state index contributed by atoms with van der Waals surface area (Å²) in [6, 6.07) is 9.02. The lowest BCUT2D eigenvalue weighted by molar-refractivity contribution is -0.126. The first-order valence-electron chi connectivity index (χ1n) is 12.0. The monoisotopic (exact) mass is 425 g/mol. The average Bonchev–Trinajstić information content (AvgIpc) is 2.82. The van der Waals surface area contributed by atoms with E-state index in [0.717, 1.165) is 89.1 Å². The Hall–Kier alpha value is -2.18. The lowest BCUT2D eigenvalue weighted by atomic mass is 9.86. The Labute approximate surface area is 187 Å². The molecular formula is C25H39N5O. The van der Waals surface area contributed by atoms with Gasteiger partial charge in [0.1, 0.15) is 5.84 Å². The van der Waals surface area contributed by atoms with Gasteiger partial charge in [0.2, 0.25) is 5.91 Å². The van der Waals surface area contributed by atoms with Crippen LogP contribution in [-0.4, -0.2) is 55.4 Å². The number of nitrogens with one attached hydrogen (secondary N) is 2. The van der Waals surface area contributed by atoms with Gasteiger partial charge in [0.15, 0.2) is 0 Å². The summed E-state index contributed by atoms with van der Waals surface area (Å²) in [5.41, 5.74) is 8.44. The summed E-state index contributed by atoms with van der Waals surface area (Å²) in [6.45, 7) is 6.99. The Morgan fingerprint density at radius 1 is 1.16 bits per heavy atom. The minimum absolute atomic E-state index is 0.172. The van der Waals surface area contributed by atoms with E-state index < -0.39 is 0 Å². The summed E-state index contributed by atoms with van der Waals surface area (Å²) in [7, 11) is 0. The Morgan fingerprint density at radius 3 is 2.58 bits per heavy atom. The molecular weight excluding hydrogens is 386 g/mol. The molecule has 0 atom stereocenters. The molecule has 6 heteroatoms. The first-order valence-corrected chi connectivity index (χ1v) is 12.0. The quantitative estimate of drug-likeness (QED) is 0.476. The normalized spacial score (nSPS) is 20.9. The number of amides is 1. The molecule has 31 heavy (non-hydrogen) atoms. The van der Waals surface area contributed by atoms with Crippen molar-refractivity contribution in [2.45, 2.75) is 57.9 Å². The number of amidine groups is 1. The summed E-state index contributed by atoms with van der Waals surface area (Å²) in [5.74, 6) is 1.35. The molecule has 1 saturated carbocycles. The van der Waals surface area contributed by atoms with Gasteiger partial charge in [-0.1, -0.05) is 31.2 Å². The van der Waals surface area contributed by atoms with Gasteiger partial charge >= 0.3 is 0 Å². The number of hydrogen-bond acceptors (Lipinski definition) is 5. The smallest absolute Gasteiger partial charge is 0.223 e. The van der Waals surface area contributed by atoms with Crippen molar-refractivity contribution >= 4 is 11.7 Å². The molecule has 1 aliphatic heterocycles. The second kappa shape index (κ2) is 12.6. The number of nitrogens with zero attached hydrogens (tertiary/aromatic N) is 2. The first kappa shape index (κ1) is 23.5. The van der Waals surface area contributed by atoms with Gasteiger partial charge in [-0.05, 0) is 76.2 Å². The molecule has 4 N–H and O–H groups in total. The summed E-state index contributed by atoms with van der Waals surface area (Å²) in [6.07, 6.45) is 10.9. The van der Waals surface area contributed by atoms with Crippen molar-refractivity contribution in [3.63, 3.8) is 0 Å². The molecule has 3 rings (SSSR count). The van der Waals surface area contributed by atoms with Crippen molar-refractivity contribution in [2.75, 3.05) is 32.7 Å². The van der Waals surface area contributed by atoms with Gasteiger partial charge in [0.05, 0.1) is 0 Å². The first-order chi connectivity index (χ1) is 15.2. The fourth-order valence-corrected chi connectivity index (χ4v) is 4.36. The SMILES string of the molecule is CCN(CCCNC(=O)C1CCC(N)CC1)CCCc1ccc(C2=NC=CCN2)cc1. The molecule has 0 unspecified atom stereocenters. The maximum absolute atomic E-state index is 12.3. The van der Waals surface area contributed by atoms with Gasteiger partial charge in [-0.2, -0.15) is 0 Å². The molecule has 1 fully saturated rings. The summed E-state index contributed by atoms with van der Waals surface area (Å²) >= 11 is 0. The predicted octanol–water partition coefficient (Wildman–Crippen LogP) is 2.83. The van der Waals surface area contributed by atoms with Crippen molar-refractivity contribution in [2.24, 2.45) is 16.6 Å². The van der Waals surface area contributed by atoms with Gasteiger partial charge in [-0.15, -0.1) is 0 Å². The Morgan fingerprint density at radius 2 is 1.90 bits per heavy atom. The van der Waals surface area contributed by atoms with Crippen molar-refractivity contribution in [1.29, 1.82) is 0 Å². The highest BCUT2D eigenvalue weighted by Gasteiger charge is 2.24. The molecule has 1 heterocycles. The Balaban J connectivity index is 1.30. The fourth-order valence-electron chi connectivity index (χ4n) is 4.36. The van der Waals surface area contributed by atoms with Crippen LogP contribution in [0.15, 0.2) is 41.5 Å². The molecule has 1 amide bonds. The Bertz CT molecular complexity index is 735. The highest BCUT2D eigenvalue weighted by molar-refractivity contribution is 5.99. The maximum atomic E-state index is 12.3. The van der Waals surface area contributed by atoms with Crippen LogP contribution in [0.25, 0.3) is 0 Å². The second-order valence-electron chi connectivity index (χ2n) is 8.73. The van der Waals surface area contributed by atoms with Crippen LogP contribution in [0.3, 0.4) is 0 Å². The summed E-state index contributed by atoms with van der Waals surface area (Å²) in [4.78, 5) is 19.2. The van der Waals surface area contributed by atoms with Crippen LogP contribution in [0.1, 0.15) is 56.6 Å². The zero-order valence-corrected chi connectivity index (χ0v) is 19.0. The second-order valence-corrected chi connectivity index (χ2v) is 8.73. The highest BCUT2D eigenvalue weighted by Crippen LogP contribution is 2.23. The molecule has 0 bridgehead atoms. The predicted molar refractivity (Wildman–Crippen MR) is 128 cm³/mol. The van der Waals surface area contributed by atoms with E-state index >= 15 is 0 Å². The number of aryl methyl sites for hydroxylation is 1. The van der Waals surface area contributed by atoms with E-state index in [1.54, 1.807) is 0 Å². The molecule has 0 saturated heterocycles. The van der Waals surface area contributed by atoms with E-state index in [4.69, 9.17) is 5.73 Å². The summed E-state index contributed by atoms with van der Waals surface area (Å²) in [5, 5.41) is 6.43. The van der Waals surface area contributed by atoms with Crippen molar-refractivity contribution in [3.8, 4) is 0 Å². The third-order valence-electron chi connectivity index (χ3n) is 6.40. The zero-order chi connectivity index (χ0) is 21.9. The van der Waals surface area contributed by atoms with Crippen LogP contribution in [0, 0.1) is 5.92 Å². The largest absolute Gasteiger partial charge is 0.366 e. The van der Waals surface area contributed by atoms with Crippen LogP contribution in [0.5, 0.6) is 0 Å². The van der Waals surface area contributed by atoms with E-state index in [-0.39, 0.29) is 11.8 Å². The number of aliphatic imine (C=N–C) groups is 1. The van der Waals surface area contributed by atoms with Crippen LogP contribution < -0.4 is 16.4 Å². The van der Waals surface area contributed by atoms with E-state index in [9.17, 15) is 4.79 Å². The lowest BCUT2D eigenvalue weighted by Gasteiger charge is -2.25. The topological polar surface area (TPSA) is 82.8 Å². The van der Waals surface area contributed by atoms with E-state index in [1.165, 1.54) is 5.56 Å². The average molecular weight is 426 g/mol. The zero-order valence-electron chi connectivity index (χ0n) is 19.0. The molecule has 6 nitrogen and oxygen atoms in total. The standard InChI is InChI=1S/C25H39N5O/c1-2-30(19-5-17-29-25(31)22-11-13-23(26)14-12-22)18-3-6-20-7-9-21(10-8-20)24-27-15-4-16-28-24/h4,7-10,15,22-23H,2-3,5-6,11-14,16-19,26H2,1H3,(H,27,28)(H,29,31). The molecule has 1 aromatic rings. The van der Waals surface area contributed by atoms with E-state index in [1.807, 2.05) is 12.3 Å². The molecule has 1 aromatic carbocycles. The van der Waals surface area contributed by atoms with Gasteiger partial charge in [-0.25, -0.2) is 4.99 Å². The number of rotatable bonds is 11. The number of nitrogens with two attached hydrogens (primary N) is 1. The van der Waals surface area contributed by atoms with Crippen LogP contribution in [0.2, 0.25) is 0 Å².